The lowest BCUT2D eigenvalue weighted by Gasteiger charge is -2.07. The highest BCUT2D eigenvalue weighted by atomic mass is 35.5. The number of halogens is 4. The summed E-state index contributed by atoms with van der Waals surface area (Å²) in [6.07, 6.45) is -3.50. The molecule has 0 heterocycles. The maximum Gasteiger partial charge on any atom is 0.417 e. The molecular weight excluding hydrogens is 165 g/mol. The van der Waals surface area contributed by atoms with E-state index in [4.69, 9.17) is 11.6 Å². The first-order valence-corrected chi connectivity index (χ1v) is 2.85. The second-order valence-corrected chi connectivity index (χ2v) is 2.06. The first-order chi connectivity index (χ1) is 4.39. The predicted molar refractivity (Wildman–Crippen MR) is 34.8 cm³/mol. The standard InChI is InChI=1S/C6H6ClF3/c1-3-5(4(2)7)6(8,9)10/h3H,2H2,1H3/b5-3+. The van der Waals surface area contributed by atoms with Gasteiger partial charge >= 0.3 is 6.18 Å². The molecule has 0 aliphatic rings. The smallest absolute Gasteiger partial charge is 0.166 e. The molecule has 0 fully saturated rings. The number of allylic oxidation sites excluding steroid dienone is 3. The van der Waals surface area contributed by atoms with Crippen LogP contribution in [0.1, 0.15) is 6.92 Å². The molecule has 0 aromatic heterocycles. The quantitative estimate of drug-likeness (QED) is 0.530. The normalized spacial score (nSPS) is 13.5. The van der Waals surface area contributed by atoms with Crippen molar-refractivity contribution in [3.8, 4) is 0 Å². The minimum atomic E-state index is -4.38. The zero-order valence-corrected chi connectivity index (χ0v) is 6.05. The summed E-state index contributed by atoms with van der Waals surface area (Å²) in [5.41, 5.74) is -0.880. The van der Waals surface area contributed by atoms with Gasteiger partial charge in [0.2, 0.25) is 0 Å². The first kappa shape index (κ1) is 9.56. The molecule has 0 aromatic carbocycles. The van der Waals surface area contributed by atoms with Crippen molar-refractivity contribution in [1.82, 2.24) is 0 Å². The third-order valence-corrected chi connectivity index (χ3v) is 1.09. The van der Waals surface area contributed by atoms with Crippen LogP contribution in [0.15, 0.2) is 23.3 Å². The molecule has 0 amide bonds. The van der Waals surface area contributed by atoms with Crippen LogP contribution < -0.4 is 0 Å². The van der Waals surface area contributed by atoms with Crippen LogP contribution in [-0.2, 0) is 0 Å². The van der Waals surface area contributed by atoms with Crippen molar-refractivity contribution < 1.29 is 13.2 Å². The Kier molecular flexibility index (Phi) is 2.96. The van der Waals surface area contributed by atoms with E-state index in [0.29, 0.717) is 0 Å². The highest BCUT2D eigenvalue weighted by Crippen LogP contribution is 2.31. The molecule has 0 aliphatic carbocycles. The zero-order valence-electron chi connectivity index (χ0n) is 5.30. The Labute approximate surface area is 62.0 Å². The van der Waals surface area contributed by atoms with Gasteiger partial charge in [-0.05, 0) is 6.92 Å². The van der Waals surface area contributed by atoms with E-state index < -0.39 is 16.8 Å². The lowest BCUT2D eigenvalue weighted by atomic mass is 10.2. The zero-order chi connectivity index (χ0) is 8.36. The van der Waals surface area contributed by atoms with Crippen molar-refractivity contribution >= 4 is 11.6 Å². The molecule has 0 N–H and O–H groups in total. The van der Waals surface area contributed by atoms with Crippen molar-refractivity contribution in [2.45, 2.75) is 13.1 Å². The van der Waals surface area contributed by atoms with E-state index in [-0.39, 0.29) is 0 Å². The Morgan fingerprint density at radius 3 is 1.90 bits per heavy atom. The summed E-state index contributed by atoms with van der Waals surface area (Å²) >= 11 is 5.05. The van der Waals surface area contributed by atoms with Gasteiger partial charge in [0.25, 0.3) is 0 Å². The molecule has 0 aliphatic heterocycles. The number of hydrogen-bond acceptors (Lipinski definition) is 0. The number of alkyl halides is 3. The first-order valence-electron chi connectivity index (χ1n) is 2.48. The SMILES string of the molecule is C=C(Cl)/C(=C\C)C(F)(F)F. The molecule has 10 heavy (non-hydrogen) atoms. The molecule has 0 atom stereocenters. The third-order valence-electron chi connectivity index (χ3n) is 0.886. The van der Waals surface area contributed by atoms with Crippen molar-refractivity contribution in [3.05, 3.63) is 23.3 Å². The van der Waals surface area contributed by atoms with E-state index in [9.17, 15) is 13.2 Å². The van der Waals surface area contributed by atoms with Crippen LogP contribution in [0.2, 0.25) is 0 Å². The number of rotatable bonds is 1. The van der Waals surface area contributed by atoms with Gasteiger partial charge in [-0.2, -0.15) is 13.2 Å². The number of hydrogen-bond donors (Lipinski definition) is 0. The average molecular weight is 171 g/mol. The van der Waals surface area contributed by atoms with Gasteiger partial charge in [-0.1, -0.05) is 24.3 Å². The van der Waals surface area contributed by atoms with E-state index in [0.717, 1.165) is 6.08 Å². The van der Waals surface area contributed by atoms with Crippen molar-refractivity contribution in [3.63, 3.8) is 0 Å². The molecule has 0 unspecified atom stereocenters. The second-order valence-electron chi connectivity index (χ2n) is 1.61. The molecule has 0 spiro atoms. The maximum absolute atomic E-state index is 11.8. The second kappa shape index (κ2) is 3.10. The highest BCUT2D eigenvalue weighted by molar-refractivity contribution is 6.31. The van der Waals surface area contributed by atoms with E-state index in [1.165, 1.54) is 6.92 Å². The predicted octanol–water partition coefficient (Wildman–Crippen LogP) is 3.25. The van der Waals surface area contributed by atoms with Gasteiger partial charge in [-0.25, -0.2) is 0 Å². The van der Waals surface area contributed by atoms with E-state index in [1.807, 2.05) is 0 Å². The van der Waals surface area contributed by atoms with Gasteiger partial charge in [0.05, 0.1) is 5.57 Å². The molecule has 0 bridgehead atoms. The van der Waals surface area contributed by atoms with Gasteiger partial charge in [-0.15, -0.1) is 0 Å². The Hall–Kier alpha value is -0.440. The van der Waals surface area contributed by atoms with E-state index >= 15 is 0 Å². The molecule has 0 rings (SSSR count). The summed E-state index contributed by atoms with van der Waals surface area (Å²) < 4.78 is 35.3. The summed E-state index contributed by atoms with van der Waals surface area (Å²) in [6.45, 7) is 4.23. The van der Waals surface area contributed by atoms with Crippen LogP contribution >= 0.6 is 11.6 Å². The fourth-order valence-electron chi connectivity index (χ4n) is 0.474. The molecular formula is C6H6ClF3. The summed E-state index contributed by atoms with van der Waals surface area (Å²) in [6, 6.07) is 0. The molecule has 0 nitrogen and oxygen atoms in total. The van der Waals surface area contributed by atoms with Crippen LogP contribution in [0.25, 0.3) is 0 Å². The van der Waals surface area contributed by atoms with Gasteiger partial charge in [0.1, 0.15) is 0 Å². The van der Waals surface area contributed by atoms with Crippen LogP contribution in [-0.4, -0.2) is 6.18 Å². The lowest BCUT2D eigenvalue weighted by molar-refractivity contribution is -0.0887. The van der Waals surface area contributed by atoms with Crippen molar-refractivity contribution in [2.75, 3.05) is 0 Å². The topological polar surface area (TPSA) is 0 Å². The summed E-state index contributed by atoms with van der Waals surface area (Å²) in [5, 5.41) is -0.477. The maximum atomic E-state index is 11.8. The highest BCUT2D eigenvalue weighted by Gasteiger charge is 2.33. The minimum absolute atomic E-state index is 0.477. The Morgan fingerprint density at radius 1 is 1.50 bits per heavy atom. The third kappa shape index (κ3) is 2.43. The molecule has 4 heteroatoms. The van der Waals surface area contributed by atoms with Gasteiger partial charge in [0.15, 0.2) is 0 Å². The van der Waals surface area contributed by atoms with Crippen molar-refractivity contribution in [2.24, 2.45) is 0 Å². The van der Waals surface area contributed by atoms with Crippen LogP contribution in [0.5, 0.6) is 0 Å². The van der Waals surface area contributed by atoms with E-state index in [1.54, 1.807) is 0 Å². The summed E-state index contributed by atoms with van der Waals surface area (Å²) in [5.74, 6) is 0. The molecule has 58 valence electrons. The monoisotopic (exact) mass is 170 g/mol. The molecule has 0 saturated heterocycles. The Bertz CT molecular complexity index is 166. The molecule has 0 saturated carbocycles. The van der Waals surface area contributed by atoms with Gasteiger partial charge < -0.3 is 0 Å². The largest absolute Gasteiger partial charge is 0.417 e. The molecule has 0 aromatic rings. The van der Waals surface area contributed by atoms with Gasteiger partial charge in [0, 0.05) is 5.03 Å². The summed E-state index contributed by atoms with van der Waals surface area (Å²) in [4.78, 5) is 0. The van der Waals surface area contributed by atoms with E-state index in [2.05, 4.69) is 6.58 Å². The fraction of sp³-hybridized carbons (Fsp3) is 0.333. The van der Waals surface area contributed by atoms with Crippen LogP contribution in [0.4, 0.5) is 13.2 Å². The Balaban J connectivity index is 4.56. The van der Waals surface area contributed by atoms with Crippen molar-refractivity contribution in [1.29, 1.82) is 0 Å². The van der Waals surface area contributed by atoms with Crippen LogP contribution in [0.3, 0.4) is 0 Å². The average Bonchev–Trinajstić information content (AvgIpc) is 1.60. The van der Waals surface area contributed by atoms with Gasteiger partial charge in [-0.3, -0.25) is 0 Å². The minimum Gasteiger partial charge on any atom is -0.166 e. The lowest BCUT2D eigenvalue weighted by Crippen LogP contribution is -2.11. The fourth-order valence-corrected chi connectivity index (χ4v) is 0.690. The Morgan fingerprint density at radius 2 is 1.90 bits per heavy atom. The van der Waals surface area contributed by atoms with Crippen LogP contribution in [0, 0.1) is 0 Å². The molecule has 0 radical (unpaired) electrons. The summed E-state index contributed by atoms with van der Waals surface area (Å²) in [7, 11) is 0.